The topological polar surface area (TPSA) is 110 Å². The largest absolute Gasteiger partial charge is 0.459 e. The number of amides is 3. The third-order valence-corrected chi connectivity index (χ3v) is 5.13. The van der Waals surface area contributed by atoms with Gasteiger partial charge in [0.2, 0.25) is 0 Å². The molecule has 0 saturated heterocycles. The van der Waals surface area contributed by atoms with Gasteiger partial charge >= 0.3 is 12.1 Å². The van der Waals surface area contributed by atoms with E-state index in [0.29, 0.717) is 24.4 Å². The van der Waals surface area contributed by atoms with Crippen LogP contribution in [0.15, 0.2) is 59.1 Å². The van der Waals surface area contributed by atoms with E-state index in [9.17, 15) is 9.59 Å². The van der Waals surface area contributed by atoms with Gasteiger partial charge in [-0.1, -0.05) is 30.3 Å². The second-order valence-electron chi connectivity index (χ2n) is 7.77. The molecule has 0 aliphatic heterocycles. The number of carbonyl (C=O) groups excluding carboxylic acids is 2. The van der Waals surface area contributed by atoms with E-state index in [2.05, 4.69) is 21.0 Å². The van der Waals surface area contributed by atoms with Gasteiger partial charge < -0.3 is 25.1 Å². The van der Waals surface area contributed by atoms with Crippen LogP contribution < -0.4 is 16.0 Å². The monoisotopic (exact) mass is 449 g/mol. The van der Waals surface area contributed by atoms with Gasteiger partial charge in [0.1, 0.15) is 18.0 Å². The summed E-state index contributed by atoms with van der Waals surface area (Å²) >= 11 is 0. The maximum Gasteiger partial charge on any atom is 0.407 e. The maximum absolute atomic E-state index is 12.2. The molecule has 9 nitrogen and oxygen atoms in total. The van der Waals surface area contributed by atoms with Crippen LogP contribution >= 0.6 is 0 Å². The number of nitrogens with one attached hydrogen (secondary N) is 3. The Morgan fingerprint density at radius 2 is 1.97 bits per heavy atom. The van der Waals surface area contributed by atoms with E-state index in [1.54, 1.807) is 6.20 Å². The van der Waals surface area contributed by atoms with Crippen molar-refractivity contribution in [2.45, 2.75) is 39.6 Å². The average Bonchev–Trinajstić information content (AvgIpc) is 3.40. The fourth-order valence-corrected chi connectivity index (χ4v) is 3.64. The van der Waals surface area contributed by atoms with Crippen LogP contribution in [0.1, 0.15) is 25.2 Å². The fourth-order valence-electron chi connectivity index (χ4n) is 3.64. The highest BCUT2D eigenvalue weighted by molar-refractivity contribution is 6.03. The summed E-state index contributed by atoms with van der Waals surface area (Å²) in [5, 5.41) is 14.7. The summed E-state index contributed by atoms with van der Waals surface area (Å²) in [7, 11) is 0. The number of aromatic nitrogens is 2. The third kappa shape index (κ3) is 5.43. The smallest absolute Gasteiger partial charge is 0.407 e. The Kier molecular flexibility index (Phi) is 6.77. The SMILES string of the molecule is CCNC(=O)NCc1cc2c(ccc3cnn(CC(C)NC(=O)OCc4ccccc4)c32)o1. The molecule has 9 heteroatoms. The normalized spacial score (nSPS) is 11.9. The first-order chi connectivity index (χ1) is 16.0. The van der Waals surface area contributed by atoms with Crippen LogP contribution in [-0.2, 0) is 24.4 Å². The first-order valence-corrected chi connectivity index (χ1v) is 10.9. The van der Waals surface area contributed by atoms with Gasteiger partial charge in [-0.25, -0.2) is 9.59 Å². The first-order valence-electron chi connectivity index (χ1n) is 10.9. The molecular weight excluding hydrogens is 422 g/mol. The minimum absolute atomic E-state index is 0.211. The van der Waals surface area contributed by atoms with E-state index in [-0.39, 0.29) is 25.2 Å². The van der Waals surface area contributed by atoms with Crippen LogP contribution in [0.25, 0.3) is 21.9 Å². The zero-order valence-electron chi connectivity index (χ0n) is 18.6. The molecule has 0 radical (unpaired) electrons. The molecule has 0 saturated carbocycles. The number of furan rings is 1. The number of nitrogens with zero attached hydrogens (tertiary/aromatic N) is 2. The lowest BCUT2D eigenvalue weighted by atomic mass is 10.2. The molecule has 0 spiro atoms. The molecule has 0 bridgehead atoms. The quantitative estimate of drug-likeness (QED) is 0.378. The van der Waals surface area contributed by atoms with Gasteiger partial charge in [0, 0.05) is 23.4 Å². The summed E-state index contributed by atoms with van der Waals surface area (Å²) < 4.78 is 13.1. The van der Waals surface area contributed by atoms with Gasteiger partial charge in [-0.15, -0.1) is 0 Å². The van der Waals surface area contributed by atoms with E-state index >= 15 is 0 Å². The predicted molar refractivity (Wildman–Crippen MR) is 125 cm³/mol. The van der Waals surface area contributed by atoms with Crippen molar-refractivity contribution in [3.63, 3.8) is 0 Å². The van der Waals surface area contributed by atoms with Crippen molar-refractivity contribution in [3.05, 3.63) is 66.1 Å². The molecule has 1 unspecified atom stereocenters. The standard InChI is InChI=1S/C24H27N5O4/c1-3-25-23(30)26-13-19-11-20-21(33-19)10-9-18-12-27-29(22(18)20)14-16(2)28-24(31)32-15-17-7-5-4-6-8-17/h4-12,16H,3,13-15H2,1-2H3,(H,28,31)(H2,25,26,30). The van der Waals surface area contributed by atoms with Crippen molar-refractivity contribution < 1.29 is 18.7 Å². The number of fused-ring (bicyclic) bond motifs is 3. The Morgan fingerprint density at radius 3 is 2.76 bits per heavy atom. The Morgan fingerprint density at radius 1 is 1.15 bits per heavy atom. The summed E-state index contributed by atoms with van der Waals surface area (Å²) in [5.74, 6) is 0.646. The van der Waals surface area contributed by atoms with E-state index in [0.717, 1.165) is 21.9 Å². The molecule has 1 atom stereocenters. The molecule has 0 aliphatic carbocycles. The van der Waals surface area contributed by atoms with E-state index in [1.807, 2.05) is 67.1 Å². The Labute approximate surface area is 191 Å². The van der Waals surface area contributed by atoms with Gasteiger partial charge in [0.15, 0.2) is 0 Å². The average molecular weight is 450 g/mol. The zero-order chi connectivity index (χ0) is 23.2. The molecule has 2 aromatic heterocycles. The van der Waals surface area contributed by atoms with Gasteiger partial charge in [-0.05, 0) is 37.6 Å². The Hall–Kier alpha value is -4.01. The number of urea groups is 1. The third-order valence-electron chi connectivity index (χ3n) is 5.13. The van der Waals surface area contributed by atoms with Crippen molar-refractivity contribution in [1.82, 2.24) is 25.7 Å². The van der Waals surface area contributed by atoms with E-state index in [4.69, 9.17) is 9.15 Å². The second kappa shape index (κ2) is 10.1. The van der Waals surface area contributed by atoms with E-state index in [1.165, 1.54) is 0 Å². The Bertz CT molecular complexity index is 1250. The maximum atomic E-state index is 12.2. The molecule has 172 valence electrons. The van der Waals surface area contributed by atoms with Gasteiger partial charge in [-0.3, -0.25) is 4.68 Å². The lowest BCUT2D eigenvalue weighted by Crippen LogP contribution is -2.36. The molecule has 4 aromatic rings. The molecule has 3 N–H and O–H groups in total. The number of carbonyl (C=O) groups is 2. The highest BCUT2D eigenvalue weighted by Crippen LogP contribution is 2.28. The minimum atomic E-state index is -0.477. The van der Waals surface area contributed by atoms with Gasteiger partial charge in [0.05, 0.1) is 24.8 Å². The molecule has 2 heterocycles. The highest BCUT2D eigenvalue weighted by atomic mass is 16.5. The van der Waals surface area contributed by atoms with Crippen molar-refractivity contribution in [3.8, 4) is 0 Å². The number of alkyl carbamates (subject to hydrolysis) is 1. The van der Waals surface area contributed by atoms with Crippen LogP contribution in [0.2, 0.25) is 0 Å². The van der Waals surface area contributed by atoms with Crippen LogP contribution in [0.5, 0.6) is 0 Å². The van der Waals surface area contributed by atoms with Gasteiger partial charge in [0.25, 0.3) is 0 Å². The van der Waals surface area contributed by atoms with E-state index < -0.39 is 6.09 Å². The van der Waals surface area contributed by atoms with Crippen molar-refractivity contribution in [2.75, 3.05) is 6.54 Å². The lowest BCUT2D eigenvalue weighted by Gasteiger charge is -2.15. The molecule has 33 heavy (non-hydrogen) atoms. The molecule has 2 aromatic carbocycles. The van der Waals surface area contributed by atoms with Crippen molar-refractivity contribution in [1.29, 1.82) is 0 Å². The number of benzene rings is 2. The van der Waals surface area contributed by atoms with Gasteiger partial charge in [-0.2, -0.15) is 5.10 Å². The minimum Gasteiger partial charge on any atom is -0.459 e. The Balaban J connectivity index is 1.43. The lowest BCUT2D eigenvalue weighted by molar-refractivity contribution is 0.135. The molecule has 3 amide bonds. The number of rotatable bonds is 8. The molecular formula is C24H27N5O4. The molecule has 0 fully saturated rings. The summed E-state index contributed by atoms with van der Waals surface area (Å²) in [6.45, 7) is 5.26. The van der Waals surface area contributed by atoms with Crippen LogP contribution in [0, 0.1) is 0 Å². The summed E-state index contributed by atoms with van der Waals surface area (Å²) in [6, 6.07) is 14.8. The number of hydrogen-bond donors (Lipinski definition) is 3. The molecule has 4 rings (SSSR count). The van der Waals surface area contributed by atoms with Crippen LogP contribution in [0.4, 0.5) is 9.59 Å². The first kappa shape index (κ1) is 22.2. The number of hydrogen-bond acceptors (Lipinski definition) is 5. The molecule has 0 aliphatic rings. The number of ether oxygens (including phenoxy) is 1. The fraction of sp³-hybridized carbons (Fsp3) is 0.292. The summed E-state index contributed by atoms with van der Waals surface area (Å²) in [6.07, 6.45) is 1.31. The highest BCUT2D eigenvalue weighted by Gasteiger charge is 2.15. The summed E-state index contributed by atoms with van der Waals surface area (Å²) in [4.78, 5) is 23.9. The predicted octanol–water partition coefficient (Wildman–Crippen LogP) is 3.92. The van der Waals surface area contributed by atoms with Crippen molar-refractivity contribution in [2.24, 2.45) is 0 Å². The second-order valence-corrected chi connectivity index (χ2v) is 7.77. The zero-order valence-corrected chi connectivity index (χ0v) is 18.6. The van der Waals surface area contributed by atoms with Crippen LogP contribution in [0.3, 0.4) is 0 Å². The summed E-state index contributed by atoms with van der Waals surface area (Å²) in [5.41, 5.74) is 2.55. The van der Waals surface area contributed by atoms with Crippen LogP contribution in [-0.4, -0.2) is 34.5 Å². The van der Waals surface area contributed by atoms with Crippen molar-refractivity contribution >= 4 is 34.0 Å².